The molecule has 0 saturated carbocycles. The third-order valence-corrected chi connectivity index (χ3v) is 2.65. The lowest BCUT2D eigenvalue weighted by Gasteiger charge is -2.14. The fraction of sp³-hybridized carbons (Fsp3) is 0.833. The van der Waals surface area contributed by atoms with Crippen molar-refractivity contribution in [2.45, 2.75) is 52.4 Å². The summed E-state index contributed by atoms with van der Waals surface area (Å²) < 4.78 is 0. The van der Waals surface area contributed by atoms with Crippen molar-refractivity contribution < 1.29 is 0 Å². The summed E-state index contributed by atoms with van der Waals surface area (Å²) in [4.78, 5) is 2.50. The normalized spacial score (nSPS) is 16.3. The number of likely N-dealkylation sites (tertiary alicyclic amines) is 1. The topological polar surface area (TPSA) is 3.24 Å². The van der Waals surface area contributed by atoms with Crippen LogP contribution in [0.5, 0.6) is 0 Å². The summed E-state index contributed by atoms with van der Waals surface area (Å²) in [6, 6.07) is 0. The second kappa shape index (κ2) is 6.06. The van der Waals surface area contributed by atoms with Gasteiger partial charge in [-0.1, -0.05) is 32.3 Å². The zero-order valence-electron chi connectivity index (χ0n) is 9.18. The number of hydrogen-bond donors (Lipinski definition) is 0. The summed E-state index contributed by atoms with van der Waals surface area (Å²) in [6.07, 6.45) is 10.4. The molecule has 13 heavy (non-hydrogen) atoms. The van der Waals surface area contributed by atoms with E-state index in [1.807, 2.05) is 0 Å². The highest BCUT2D eigenvalue weighted by atomic mass is 15.1. The fourth-order valence-corrected chi connectivity index (χ4v) is 2.03. The molecular formula is C12H23N. The van der Waals surface area contributed by atoms with E-state index in [9.17, 15) is 0 Å². The molecule has 1 heteroatoms. The lowest BCUT2D eigenvalue weighted by atomic mass is 10.1. The Kier molecular flexibility index (Phi) is 4.95. The van der Waals surface area contributed by atoms with Gasteiger partial charge in [0.15, 0.2) is 0 Å². The van der Waals surface area contributed by atoms with Crippen molar-refractivity contribution in [3.63, 3.8) is 0 Å². The molecule has 0 aromatic rings. The van der Waals surface area contributed by atoms with Crippen molar-refractivity contribution >= 4 is 0 Å². The summed E-state index contributed by atoms with van der Waals surface area (Å²) in [5.74, 6) is 0. The highest BCUT2D eigenvalue weighted by Gasteiger charge is 2.08. The van der Waals surface area contributed by atoms with E-state index in [2.05, 4.69) is 24.9 Å². The van der Waals surface area contributed by atoms with Crippen molar-refractivity contribution in [1.82, 2.24) is 4.90 Å². The van der Waals surface area contributed by atoms with Crippen molar-refractivity contribution in [2.24, 2.45) is 0 Å². The summed E-state index contributed by atoms with van der Waals surface area (Å²) in [6.45, 7) is 7.12. The molecule has 1 rings (SSSR count). The molecule has 76 valence electrons. The second-order valence-electron chi connectivity index (χ2n) is 4.03. The maximum atomic E-state index is 2.50. The fourth-order valence-electron chi connectivity index (χ4n) is 2.03. The van der Waals surface area contributed by atoms with Gasteiger partial charge < -0.3 is 4.90 Å². The Hall–Kier alpha value is -0.460. The number of allylic oxidation sites excluding steroid dienone is 1. The third kappa shape index (κ3) is 3.84. The minimum absolute atomic E-state index is 1.29. The largest absolute Gasteiger partial charge is 0.377 e. The standard InChI is InChI=1S/C12H23N/c1-3-7-12(8-4-2)11-13-9-5-6-10-13/h11H,3-10H2,1-2H3. The summed E-state index contributed by atoms with van der Waals surface area (Å²) >= 11 is 0. The van der Waals surface area contributed by atoms with Crippen LogP contribution in [0.2, 0.25) is 0 Å². The van der Waals surface area contributed by atoms with Crippen molar-refractivity contribution in [2.75, 3.05) is 13.1 Å². The maximum absolute atomic E-state index is 2.50. The molecule has 1 heterocycles. The molecular weight excluding hydrogens is 158 g/mol. The van der Waals surface area contributed by atoms with Gasteiger partial charge in [-0.15, -0.1) is 0 Å². The number of nitrogens with zero attached hydrogens (tertiary/aromatic N) is 1. The quantitative estimate of drug-likeness (QED) is 0.627. The lowest BCUT2D eigenvalue weighted by Crippen LogP contribution is -2.11. The van der Waals surface area contributed by atoms with Crippen LogP contribution in [0, 0.1) is 0 Å². The Morgan fingerprint density at radius 2 is 1.62 bits per heavy atom. The van der Waals surface area contributed by atoms with Gasteiger partial charge in [-0.05, 0) is 31.9 Å². The molecule has 1 fully saturated rings. The van der Waals surface area contributed by atoms with Gasteiger partial charge in [0.05, 0.1) is 0 Å². The van der Waals surface area contributed by atoms with Gasteiger partial charge in [-0.25, -0.2) is 0 Å². The van der Waals surface area contributed by atoms with Gasteiger partial charge >= 0.3 is 0 Å². The smallest absolute Gasteiger partial charge is 0.0173 e. The van der Waals surface area contributed by atoms with Gasteiger partial charge in [0.1, 0.15) is 0 Å². The van der Waals surface area contributed by atoms with E-state index in [4.69, 9.17) is 0 Å². The summed E-state index contributed by atoms with van der Waals surface area (Å²) in [7, 11) is 0. The predicted octanol–water partition coefficient (Wildman–Crippen LogP) is 3.57. The molecule has 0 aromatic carbocycles. The zero-order valence-corrected chi connectivity index (χ0v) is 9.18. The Morgan fingerprint density at radius 1 is 1.08 bits per heavy atom. The monoisotopic (exact) mass is 181 g/mol. The molecule has 0 spiro atoms. The average molecular weight is 181 g/mol. The van der Waals surface area contributed by atoms with E-state index in [1.54, 1.807) is 5.57 Å². The van der Waals surface area contributed by atoms with E-state index in [1.165, 1.54) is 51.6 Å². The van der Waals surface area contributed by atoms with E-state index in [0.29, 0.717) is 0 Å². The van der Waals surface area contributed by atoms with Crippen LogP contribution in [-0.4, -0.2) is 18.0 Å². The van der Waals surface area contributed by atoms with Crippen LogP contribution < -0.4 is 0 Å². The van der Waals surface area contributed by atoms with Crippen molar-refractivity contribution in [1.29, 1.82) is 0 Å². The molecule has 1 aliphatic rings. The molecule has 1 saturated heterocycles. The minimum atomic E-state index is 1.29. The van der Waals surface area contributed by atoms with Crippen LogP contribution >= 0.6 is 0 Å². The molecule has 0 aliphatic carbocycles. The van der Waals surface area contributed by atoms with Crippen LogP contribution in [-0.2, 0) is 0 Å². The first-order chi connectivity index (χ1) is 6.36. The van der Waals surface area contributed by atoms with Crippen LogP contribution in [0.25, 0.3) is 0 Å². The second-order valence-corrected chi connectivity index (χ2v) is 4.03. The Bertz CT molecular complexity index is 147. The van der Waals surface area contributed by atoms with E-state index >= 15 is 0 Å². The first-order valence-corrected chi connectivity index (χ1v) is 5.80. The Morgan fingerprint density at radius 3 is 2.08 bits per heavy atom. The molecule has 0 N–H and O–H groups in total. The van der Waals surface area contributed by atoms with Gasteiger partial charge in [-0.2, -0.15) is 0 Å². The molecule has 0 bridgehead atoms. The Balaban J connectivity index is 2.40. The number of hydrogen-bond acceptors (Lipinski definition) is 1. The van der Waals surface area contributed by atoms with Crippen LogP contribution in [0.3, 0.4) is 0 Å². The first-order valence-electron chi connectivity index (χ1n) is 5.80. The van der Waals surface area contributed by atoms with Gasteiger partial charge in [0, 0.05) is 13.1 Å². The summed E-state index contributed by atoms with van der Waals surface area (Å²) in [5.41, 5.74) is 1.66. The van der Waals surface area contributed by atoms with Crippen LogP contribution in [0.15, 0.2) is 11.8 Å². The molecule has 1 nitrogen and oxygen atoms in total. The average Bonchev–Trinajstić information content (AvgIpc) is 2.58. The Labute approximate surface area is 82.8 Å². The highest BCUT2D eigenvalue weighted by molar-refractivity contribution is 5.02. The van der Waals surface area contributed by atoms with E-state index in [0.717, 1.165) is 0 Å². The van der Waals surface area contributed by atoms with E-state index in [-0.39, 0.29) is 0 Å². The zero-order chi connectivity index (χ0) is 9.52. The van der Waals surface area contributed by atoms with Gasteiger partial charge in [-0.3, -0.25) is 0 Å². The number of rotatable bonds is 5. The van der Waals surface area contributed by atoms with Crippen LogP contribution in [0.1, 0.15) is 52.4 Å². The molecule has 1 aliphatic heterocycles. The molecule has 0 amide bonds. The molecule has 0 aromatic heterocycles. The molecule has 0 unspecified atom stereocenters. The molecule has 0 atom stereocenters. The van der Waals surface area contributed by atoms with Crippen molar-refractivity contribution in [3.05, 3.63) is 11.8 Å². The molecule has 0 radical (unpaired) electrons. The lowest BCUT2D eigenvalue weighted by molar-refractivity contribution is 0.459. The minimum Gasteiger partial charge on any atom is -0.377 e. The summed E-state index contributed by atoms with van der Waals surface area (Å²) in [5, 5.41) is 0. The van der Waals surface area contributed by atoms with Gasteiger partial charge in [0.25, 0.3) is 0 Å². The highest BCUT2D eigenvalue weighted by Crippen LogP contribution is 2.16. The van der Waals surface area contributed by atoms with Gasteiger partial charge in [0.2, 0.25) is 0 Å². The van der Waals surface area contributed by atoms with Crippen LogP contribution in [0.4, 0.5) is 0 Å². The first kappa shape index (κ1) is 10.6. The predicted molar refractivity (Wildman–Crippen MR) is 58.7 cm³/mol. The SMILES string of the molecule is CCCC(=CN1CCCC1)CCC. The maximum Gasteiger partial charge on any atom is 0.0173 e. The third-order valence-electron chi connectivity index (χ3n) is 2.65. The van der Waals surface area contributed by atoms with Crippen molar-refractivity contribution in [3.8, 4) is 0 Å². The van der Waals surface area contributed by atoms with E-state index < -0.39 is 0 Å².